The largest absolute Gasteiger partial charge is 0.385 e. The molecule has 2 rings (SSSR count). The highest BCUT2D eigenvalue weighted by molar-refractivity contribution is 6.31. The van der Waals surface area contributed by atoms with E-state index >= 15 is 0 Å². The minimum Gasteiger partial charge on any atom is -0.385 e. The summed E-state index contributed by atoms with van der Waals surface area (Å²) in [7, 11) is 1.67. The Morgan fingerprint density at radius 1 is 1.44 bits per heavy atom. The number of nitrogen functional groups attached to an aromatic ring is 1. The lowest BCUT2D eigenvalue weighted by Gasteiger charge is -2.06. The van der Waals surface area contributed by atoms with Gasteiger partial charge in [-0.2, -0.15) is 0 Å². The zero-order chi connectivity index (χ0) is 13.1. The fourth-order valence-corrected chi connectivity index (χ4v) is 2.05. The Bertz CT molecular complexity index is 556. The van der Waals surface area contributed by atoms with E-state index in [9.17, 15) is 4.39 Å². The molecule has 0 fully saturated rings. The highest BCUT2D eigenvalue weighted by Crippen LogP contribution is 2.25. The second-order valence-electron chi connectivity index (χ2n) is 4.08. The molecule has 0 amide bonds. The fraction of sp³-hybridized carbons (Fsp3) is 0.417. The van der Waals surface area contributed by atoms with E-state index in [1.54, 1.807) is 13.2 Å². The molecule has 0 spiro atoms. The first-order valence-electron chi connectivity index (χ1n) is 5.73. The summed E-state index contributed by atoms with van der Waals surface area (Å²) >= 11 is 5.78. The number of aromatic nitrogens is 2. The number of aryl methyl sites for hydroxylation is 1. The average molecular weight is 272 g/mol. The Morgan fingerprint density at radius 2 is 2.22 bits per heavy atom. The van der Waals surface area contributed by atoms with Crippen molar-refractivity contribution in [3.05, 3.63) is 23.0 Å². The van der Waals surface area contributed by atoms with Crippen molar-refractivity contribution in [2.24, 2.45) is 0 Å². The maximum absolute atomic E-state index is 13.3. The summed E-state index contributed by atoms with van der Waals surface area (Å²) < 4.78 is 20.1. The number of nitrogens with zero attached hydrogens (tertiary/aromatic N) is 2. The zero-order valence-electron chi connectivity index (χ0n) is 10.1. The highest BCUT2D eigenvalue weighted by atomic mass is 35.5. The third-order valence-electron chi connectivity index (χ3n) is 2.80. The molecule has 2 aromatic rings. The molecule has 0 aliphatic heterocycles. The van der Waals surface area contributed by atoms with Gasteiger partial charge < -0.3 is 15.0 Å². The van der Waals surface area contributed by atoms with Gasteiger partial charge in [0.05, 0.1) is 16.1 Å². The molecule has 0 radical (unpaired) electrons. The standard InChI is InChI=1S/C12H15ClFN3O/c1-18-5-3-2-4-17-11-6-8(13)9(14)7-10(11)16-12(17)15/h6-7H,2-5H2,1H3,(H2,15,16). The van der Waals surface area contributed by atoms with Crippen molar-refractivity contribution in [3.8, 4) is 0 Å². The molecule has 0 bridgehead atoms. The lowest BCUT2D eigenvalue weighted by Crippen LogP contribution is -2.04. The van der Waals surface area contributed by atoms with Crippen molar-refractivity contribution < 1.29 is 9.13 Å². The summed E-state index contributed by atoms with van der Waals surface area (Å²) in [5.74, 6) is -0.0997. The normalized spacial score (nSPS) is 11.3. The summed E-state index contributed by atoms with van der Waals surface area (Å²) in [5, 5.41) is 0.0838. The van der Waals surface area contributed by atoms with E-state index in [2.05, 4.69) is 4.98 Å². The van der Waals surface area contributed by atoms with Crippen molar-refractivity contribution in [2.45, 2.75) is 19.4 Å². The summed E-state index contributed by atoms with van der Waals surface area (Å²) in [4.78, 5) is 4.12. The second kappa shape index (κ2) is 5.54. The summed E-state index contributed by atoms with van der Waals surface area (Å²) in [6.45, 7) is 1.43. The van der Waals surface area contributed by atoms with Gasteiger partial charge >= 0.3 is 0 Å². The van der Waals surface area contributed by atoms with Gasteiger partial charge in [0.2, 0.25) is 5.95 Å². The number of hydrogen-bond acceptors (Lipinski definition) is 3. The lowest BCUT2D eigenvalue weighted by atomic mass is 10.3. The van der Waals surface area contributed by atoms with Crippen LogP contribution in [-0.4, -0.2) is 23.3 Å². The van der Waals surface area contributed by atoms with Crippen LogP contribution in [0.15, 0.2) is 12.1 Å². The van der Waals surface area contributed by atoms with Crippen molar-refractivity contribution >= 4 is 28.6 Å². The van der Waals surface area contributed by atoms with E-state index in [1.165, 1.54) is 6.07 Å². The van der Waals surface area contributed by atoms with Crippen LogP contribution in [0.3, 0.4) is 0 Å². The first-order chi connectivity index (χ1) is 8.63. The van der Waals surface area contributed by atoms with Gasteiger partial charge in [0.25, 0.3) is 0 Å². The van der Waals surface area contributed by atoms with Crippen LogP contribution >= 0.6 is 11.6 Å². The Hall–Kier alpha value is -1.33. The molecule has 1 aromatic carbocycles. The van der Waals surface area contributed by atoms with Gasteiger partial charge in [0.1, 0.15) is 5.82 Å². The predicted molar refractivity (Wildman–Crippen MR) is 70.2 cm³/mol. The Morgan fingerprint density at radius 3 is 2.94 bits per heavy atom. The predicted octanol–water partition coefficient (Wildman–Crippen LogP) is 2.84. The number of anilines is 1. The molecule has 0 aliphatic carbocycles. The number of imidazole rings is 1. The van der Waals surface area contributed by atoms with Crippen LogP contribution in [0.25, 0.3) is 11.0 Å². The number of nitrogens with two attached hydrogens (primary N) is 1. The van der Waals surface area contributed by atoms with E-state index in [-0.39, 0.29) is 5.02 Å². The fourth-order valence-electron chi connectivity index (χ4n) is 1.89. The lowest BCUT2D eigenvalue weighted by molar-refractivity contribution is 0.191. The van der Waals surface area contributed by atoms with Crippen LogP contribution in [0, 0.1) is 5.82 Å². The van der Waals surface area contributed by atoms with E-state index in [4.69, 9.17) is 22.1 Å². The number of fused-ring (bicyclic) bond motifs is 1. The Balaban J connectivity index is 2.26. The van der Waals surface area contributed by atoms with Crippen molar-refractivity contribution in [2.75, 3.05) is 19.5 Å². The smallest absolute Gasteiger partial charge is 0.201 e. The molecule has 6 heteroatoms. The van der Waals surface area contributed by atoms with Gasteiger partial charge in [0, 0.05) is 26.3 Å². The first-order valence-corrected chi connectivity index (χ1v) is 6.11. The number of hydrogen-bond donors (Lipinski definition) is 1. The zero-order valence-corrected chi connectivity index (χ0v) is 10.9. The molecular weight excluding hydrogens is 257 g/mol. The molecule has 1 aromatic heterocycles. The third-order valence-corrected chi connectivity index (χ3v) is 3.09. The maximum Gasteiger partial charge on any atom is 0.201 e. The maximum atomic E-state index is 13.3. The van der Waals surface area contributed by atoms with Crippen molar-refractivity contribution in [1.29, 1.82) is 0 Å². The van der Waals surface area contributed by atoms with Crippen LogP contribution in [0.4, 0.5) is 10.3 Å². The molecule has 0 unspecified atom stereocenters. The summed E-state index contributed by atoms with van der Waals surface area (Å²) in [6, 6.07) is 2.87. The quantitative estimate of drug-likeness (QED) is 0.851. The molecule has 0 aliphatic rings. The molecule has 0 atom stereocenters. The number of methoxy groups -OCH3 is 1. The summed E-state index contributed by atoms with van der Waals surface area (Å²) in [5.41, 5.74) is 7.11. The Labute approximate surface area is 109 Å². The monoisotopic (exact) mass is 271 g/mol. The number of ether oxygens (including phenoxy) is 1. The average Bonchev–Trinajstić information content (AvgIpc) is 2.62. The highest BCUT2D eigenvalue weighted by Gasteiger charge is 2.11. The summed E-state index contributed by atoms with van der Waals surface area (Å²) in [6.07, 6.45) is 1.85. The molecule has 1 heterocycles. The van der Waals surface area contributed by atoms with Gasteiger partial charge in [-0.25, -0.2) is 9.37 Å². The van der Waals surface area contributed by atoms with Crippen LogP contribution in [0.1, 0.15) is 12.8 Å². The number of rotatable bonds is 5. The van der Waals surface area contributed by atoms with Crippen LogP contribution < -0.4 is 5.73 Å². The van der Waals surface area contributed by atoms with E-state index in [0.29, 0.717) is 24.6 Å². The van der Waals surface area contributed by atoms with Gasteiger partial charge in [-0.3, -0.25) is 0 Å². The first kappa shape index (κ1) is 13.1. The van der Waals surface area contributed by atoms with Crippen molar-refractivity contribution in [3.63, 3.8) is 0 Å². The molecule has 4 nitrogen and oxygen atoms in total. The van der Waals surface area contributed by atoms with Crippen LogP contribution in [0.2, 0.25) is 5.02 Å². The van der Waals surface area contributed by atoms with Gasteiger partial charge in [-0.1, -0.05) is 11.6 Å². The molecule has 98 valence electrons. The third kappa shape index (κ3) is 2.57. The van der Waals surface area contributed by atoms with Crippen LogP contribution in [0.5, 0.6) is 0 Å². The van der Waals surface area contributed by atoms with Crippen LogP contribution in [-0.2, 0) is 11.3 Å². The molecule has 2 N–H and O–H groups in total. The number of halogens is 2. The van der Waals surface area contributed by atoms with Gasteiger partial charge in [-0.05, 0) is 18.9 Å². The SMILES string of the molecule is COCCCCn1c(N)nc2cc(F)c(Cl)cc21. The van der Waals surface area contributed by atoms with Gasteiger partial charge in [-0.15, -0.1) is 0 Å². The second-order valence-corrected chi connectivity index (χ2v) is 4.48. The van der Waals surface area contributed by atoms with E-state index in [1.807, 2.05) is 4.57 Å². The number of unbranched alkanes of at least 4 members (excludes halogenated alkanes) is 1. The van der Waals surface area contributed by atoms with E-state index < -0.39 is 5.82 Å². The Kier molecular flexibility index (Phi) is 4.04. The van der Waals surface area contributed by atoms with Gasteiger partial charge in [0.15, 0.2) is 0 Å². The number of benzene rings is 1. The minimum absolute atomic E-state index is 0.0838. The van der Waals surface area contributed by atoms with E-state index in [0.717, 1.165) is 18.4 Å². The molecule has 0 saturated heterocycles. The molecule has 0 saturated carbocycles. The molecular formula is C12H15ClFN3O. The van der Waals surface area contributed by atoms with Crippen molar-refractivity contribution in [1.82, 2.24) is 9.55 Å². The topological polar surface area (TPSA) is 53.1 Å². The molecule has 18 heavy (non-hydrogen) atoms. The minimum atomic E-state index is -0.479.